The van der Waals surface area contributed by atoms with Crippen molar-refractivity contribution in [3.8, 4) is 45.1 Å². The number of rotatable bonds is 10. The molecule has 48 heavy (non-hydrogen) atoms. The Morgan fingerprint density at radius 2 is 0.833 bits per heavy atom. The van der Waals surface area contributed by atoms with Crippen LogP contribution in [0, 0.1) is 12.1 Å². The third kappa shape index (κ3) is 7.27. The van der Waals surface area contributed by atoms with E-state index in [-0.39, 0.29) is 21.1 Å². The third-order valence-corrected chi connectivity index (χ3v) is 8.71. The Labute approximate surface area is 300 Å². The van der Waals surface area contributed by atoms with Gasteiger partial charge in [0.05, 0.1) is 12.4 Å². The zero-order valence-corrected chi connectivity index (χ0v) is 31.3. The minimum Gasteiger partial charge on any atom is -0.509 e. The first kappa shape index (κ1) is 35.1. The van der Waals surface area contributed by atoms with Crippen LogP contribution in [0.3, 0.4) is 0 Å². The molecule has 0 spiro atoms. The van der Waals surface area contributed by atoms with Crippen LogP contribution in [0.4, 0.5) is 0 Å². The van der Waals surface area contributed by atoms with Crippen LogP contribution in [0.15, 0.2) is 97.6 Å². The van der Waals surface area contributed by atoms with E-state index in [0.717, 1.165) is 22.5 Å². The van der Waals surface area contributed by atoms with E-state index in [2.05, 4.69) is 116 Å². The number of nitrogens with zero attached hydrogens (tertiary/aromatic N) is 4. The summed E-state index contributed by atoms with van der Waals surface area (Å²) < 4.78 is 10.0. The van der Waals surface area contributed by atoms with Gasteiger partial charge in [-0.25, -0.2) is 0 Å². The predicted octanol–water partition coefficient (Wildman–Crippen LogP) is 11.3. The molecule has 2 heterocycles. The van der Waals surface area contributed by atoms with E-state index in [1.54, 1.807) is 0 Å². The Morgan fingerprint density at radius 1 is 0.500 bits per heavy atom. The van der Waals surface area contributed by atoms with E-state index >= 15 is 0 Å². The predicted molar refractivity (Wildman–Crippen MR) is 192 cm³/mol. The zero-order valence-electron chi connectivity index (χ0n) is 29.1. The maximum absolute atomic E-state index is 6.29. The van der Waals surface area contributed by atoms with Gasteiger partial charge in [0, 0.05) is 35.0 Å². The Morgan fingerprint density at radius 3 is 1.17 bits per heavy atom. The molecule has 6 aromatic rings. The molecular formula is C42H44N4OPt. The summed E-state index contributed by atoms with van der Waals surface area (Å²) in [7, 11) is 0. The van der Waals surface area contributed by atoms with Gasteiger partial charge in [-0.1, -0.05) is 91.8 Å². The zero-order chi connectivity index (χ0) is 33.2. The van der Waals surface area contributed by atoms with Crippen molar-refractivity contribution in [3.05, 3.63) is 132 Å². The van der Waals surface area contributed by atoms with Gasteiger partial charge < -0.3 is 4.74 Å². The molecule has 2 aromatic heterocycles. The third-order valence-electron chi connectivity index (χ3n) is 8.71. The number of aromatic nitrogens is 4. The number of benzene rings is 4. The van der Waals surface area contributed by atoms with E-state index in [0.29, 0.717) is 35.2 Å². The van der Waals surface area contributed by atoms with Crippen molar-refractivity contribution in [3.63, 3.8) is 0 Å². The molecule has 248 valence electrons. The topological polar surface area (TPSA) is 44.9 Å². The fourth-order valence-corrected chi connectivity index (χ4v) is 6.31. The average molecular weight is 816 g/mol. The summed E-state index contributed by atoms with van der Waals surface area (Å²) in [4.78, 5) is 0. The standard InChI is InChI=1S/C42H44N4O.Pt/c1-27(2)37-17-11-18-38(28(3)4)41(37)31-23-43-45(25-31)33-13-9-15-35(21-33)47-36-16-10-14-34(22-36)46-26-32(24-44-46)42-39(29(5)6)19-12-20-40(42)30(7)8;/h9-20,23-30H,1-8H3;/q-2;+2. The fourth-order valence-electron chi connectivity index (χ4n) is 6.31. The van der Waals surface area contributed by atoms with Crippen LogP contribution in [0.2, 0.25) is 0 Å². The van der Waals surface area contributed by atoms with Gasteiger partial charge in [0.15, 0.2) is 0 Å². The number of ether oxygens (including phenoxy) is 1. The van der Waals surface area contributed by atoms with Crippen LogP contribution in [0.1, 0.15) is 101 Å². The van der Waals surface area contributed by atoms with E-state index < -0.39 is 0 Å². The Hall–Kier alpha value is -4.21. The van der Waals surface area contributed by atoms with Gasteiger partial charge in [0.25, 0.3) is 0 Å². The van der Waals surface area contributed by atoms with Crippen LogP contribution in [-0.2, 0) is 21.1 Å². The molecule has 0 amide bonds. The van der Waals surface area contributed by atoms with E-state index in [9.17, 15) is 0 Å². The monoisotopic (exact) mass is 815 g/mol. The normalized spacial score (nSPS) is 11.5. The van der Waals surface area contributed by atoms with E-state index in [1.165, 1.54) is 33.4 Å². The van der Waals surface area contributed by atoms with Crippen molar-refractivity contribution in [1.82, 2.24) is 19.6 Å². The summed E-state index contributed by atoms with van der Waals surface area (Å²) in [6, 6.07) is 31.8. The second-order valence-electron chi connectivity index (χ2n) is 13.5. The van der Waals surface area contributed by atoms with Gasteiger partial charge in [-0.2, -0.15) is 22.3 Å². The van der Waals surface area contributed by atoms with Crippen molar-refractivity contribution in [1.29, 1.82) is 0 Å². The summed E-state index contributed by atoms with van der Waals surface area (Å²) in [6.45, 7) is 18.0. The Balaban J connectivity index is 0.00000451. The molecule has 0 unspecified atom stereocenters. The second-order valence-corrected chi connectivity index (χ2v) is 13.5. The van der Waals surface area contributed by atoms with Crippen molar-refractivity contribution < 1.29 is 25.8 Å². The number of hydrogen-bond acceptors (Lipinski definition) is 3. The van der Waals surface area contributed by atoms with Crippen LogP contribution in [0.5, 0.6) is 11.5 Å². The molecule has 0 saturated heterocycles. The van der Waals surface area contributed by atoms with Gasteiger partial charge in [-0.05, 0) is 68.4 Å². The summed E-state index contributed by atoms with van der Waals surface area (Å²) in [5.41, 5.74) is 11.7. The smallest absolute Gasteiger partial charge is 0.509 e. The minimum absolute atomic E-state index is 0. The van der Waals surface area contributed by atoms with Gasteiger partial charge in [0.1, 0.15) is 0 Å². The van der Waals surface area contributed by atoms with Crippen molar-refractivity contribution in [2.24, 2.45) is 0 Å². The molecule has 0 bridgehead atoms. The van der Waals surface area contributed by atoms with Crippen LogP contribution < -0.4 is 4.74 Å². The first-order chi connectivity index (χ1) is 22.6. The van der Waals surface area contributed by atoms with Gasteiger partial charge in [-0.15, -0.1) is 36.4 Å². The molecular weight excluding hydrogens is 772 g/mol. The Bertz CT molecular complexity index is 1800. The molecule has 6 heteroatoms. The average Bonchev–Trinajstić information content (AvgIpc) is 3.75. The first-order valence-electron chi connectivity index (χ1n) is 16.7. The fraction of sp³-hybridized carbons (Fsp3) is 0.286. The summed E-state index contributed by atoms with van der Waals surface area (Å²) in [6.07, 6.45) is 8.08. The summed E-state index contributed by atoms with van der Waals surface area (Å²) >= 11 is 0. The van der Waals surface area contributed by atoms with Gasteiger partial charge in [-0.3, -0.25) is 9.36 Å². The molecule has 6 rings (SSSR count). The molecule has 0 atom stereocenters. The van der Waals surface area contributed by atoms with Crippen molar-refractivity contribution in [2.75, 3.05) is 0 Å². The van der Waals surface area contributed by atoms with Gasteiger partial charge in [0.2, 0.25) is 0 Å². The molecule has 0 aliphatic rings. The minimum atomic E-state index is 0. The summed E-state index contributed by atoms with van der Waals surface area (Å²) in [5.74, 6) is 2.81. The van der Waals surface area contributed by atoms with E-state index in [1.807, 2.05) is 58.2 Å². The molecule has 0 N–H and O–H groups in total. The van der Waals surface area contributed by atoms with Crippen LogP contribution >= 0.6 is 0 Å². The molecule has 0 aliphatic carbocycles. The SMILES string of the molecule is CC(C)c1cccc(C(C)C)c1-c1cnn(-c2[c-]c(Oc3[c-]c(-n4cc(-c5c(C(C)C)cccc5C(C)C)cn4)ccc3)ccc2)c1.[Pt+2]. The van der Waals surface area contributed by atoms with Crippen LogP contribution in [0.25, 0.3) is 33.6 Å². The molecule has 0 saturated carbocycles. The summed E-state index contributed by atoms with van der Waals surface area (Å²) in [5, 5.41) is 9.47. The molecule has 0 fully saturated rings. The van der Waals surface area contributed by atoms with Crippen molar-refractivity contribution in [2.45, 2.75) is 79.1 Å². The second kappa shape index (κ2) is 14.9. The van der Waals surface area contributed by atoms with Crippen molar-refractivity contribution >= 4 is 0 Å². The van der Waals surface area contributed by atoms with Crippen LogP contribution in [-0.4, -0.2) is 19.6 Å². The molecule has 0 aliphatic heterocycles. The quantitative estimate of drug-likeness (QED) is 0.129. The maximum atomic E-state index is 6.29. The molecule has 0 radical (unpaired) electrons. The Kier molecular flexibility index (Phi) is 10.9. The number of hydrogen-bond donors (Lipinski definition) is 0. The molecule has 4 aromatic carbocycles. The van der Waals surface area contributed by atoms with E-state index in [4.69, 9.17) is 14.9 Å². The first-order valence-corrected chi connectivity index (χ1v) is 16.7. The molecule has 5 nitrogen and oxygen atoms in total. The van der Waals surface area contributed by atoms with Gasteiger partial charge >= 0.3 is 21.1 Å². The maximum Gasteiger partial charge on any atom is 2.00 e. The largest absolute Gasteiger partial charge is 2.00 e.